The van der Waals surface area contributed by atoms with Gasteiger partial charge >= 0.3 is 0 Å². The maximum atomic E-state index is 11.9. The van der Waals surface area contributed by atoms with Crippen molar-refractivity contribution in [3.8, 4) is 0 Å². The molecule has 1 aliphatic heterocycles. The average Bonchev–Trinajstić information content (AvgIpc) is 3.12. The molecule has 1 aromatic carbocycles. The van der Waals surface area contributed by atoms with Gasteiger partial charge in [-0.15, -0.1) is 24.0 Å². The molecule has 0 aliphatic carbocycles. The number of rotatable bonds is 8. The van der Waals surface area contributed by atoms with Crippen LogP contribution in [-0.2, 0) is 16.0 Å². The minimum absolute atomic E-state index is 0. The van der Waals surface area contributed by atoms with Gasteiger partial charge in [0.2, 0.25) is 5.91 Å². The minimum Gasteiger partial charge on any atom is -0.376 e. The lowest BCUT2D eigenvalue weighted by Crippen LogP contribution is -2.41. The summed E-state index contributed by atoms with van der Waals surface area (Å²) in [7, 11) is 0. The molecule has 25 heavy (non-hydrogen) atoms. The van der Waals surface area contributed by atoms with E-state index in [1.54, 1.807) is 0 Å². The normalized spacial score (nSPS) is 16.8. The van der Waals surface area contributed by atoms with Crippen molar-refractivity contribution in [1.82, 2.24) is 16.0 Å². The fourth-order valence-corrected chi connectivity index (χ4v) is 2.56. The molecule has 1 aliphatic rings. The van der Waals surface area contributed by atoms with E-state index in [-0.39, 0.29) is 42.5 Å². The fourth-order valence-electron chi connectivity index (χ4n) is 2.56. The predicted molar refractivity (Wildman–Crippen MR) is 112 cm³/mol. The zero-order valence-corrected chi connectivity index (χ0v) is 17.1. The van der Waals surface area contributed by atoms with E-state index in [0.717, 1.165) is 39.0 Å². The number of aliphatic imine (C=N–C) groups is 1. The van der Waals surface area contributed by atoms with Crippen molar-refractivity contribution in [3.63, 3.8) is 0 Å². The van der Waals surface area contributed by atoms with Crippen LogP contribution in [0, 0.1) is 0 Å². The lowest BCUT2D eigenvalue weighted by molar-refractivity contribution is -0.119. The van der Waals surface area contributed by atoms with Crippen molar-refractivity contribution in [2.45, 2.75) is 32.3 Å². The Kier molecular flexibility index (Phi) is 11.2. The van der Waals surface area contributed by atoms with Crippen molar-refractivity contribution in [2.75, 3.05) is 32.8 Å². The van der Waals surface area contributed by atoms with E-state index in [4.69, 9.17) is 4.74 Å². The standard InChI is InChI=1S/C18H28N4O2.HI/c1-2-19-18(21-13-16-9-6-12-24-16)22-14-17(23)20-11-10-15-7-4-3-5-8-15;/h3-5,7-8,16H,2,6,9-14H2,1H3,(H,20,23)(H2,19,21,22);1H. The summed E-state index contributed by atoms with van der Waals surface area (Å²) in [4.78, 5) is 16.2. The number of guanidine groups is 1. The van der Waals surface area contributed by atoms with Crippen LogP contribution in [0.25, 0.3) is 0 Å². The summed E-state index contributed by atoms with van der Waals surface area (Å²) in [6.07, 6.45) is 3.26. The van der Waals surface area contributed by atoms with Gasteiger partial charge in [-0.2, -0.15) is 0 Å². The summed E-state index contributed by atoms with van der Waals surface area (Å²) in [5.41, 5.74) is 1.22. The zero-order chi connectivity index (χ0) is 17.0. The second-order valence-corrected chi connectivity index (χ2v) is 5.80. The molecule has 1 heterocycles. The molecule has 1 amide bonds. The van der Waals surface area contributed by atoms with Crippen molar-refractivity contribution < 1.29 is 9.53 Å². The molecule has 1 fully saturated rings. The first-order valence-corrected chi connectivity index (χ1v) is 8.72. The number of amides is 1. The highest BCUT2D eigenvalue weighted by molar-refractivity contribution is 14.0. The van der Waals surface area contributed by atoms with Gasteiger partial charge in [-0.05, 0) is 31.7 Å². The molecular formula is C18H29IN4O2. The third kappa shape index (κ3) is 9.06. The van der Waals surface area contributed by atoms with Gasteiger partial charge in [-0.3, -0.25) is 4.79 Å². The maximum Gasteiger partial charge on any atom is 0.241 e. The summed E-state index contributed by atoms with van der Waals surface area (Å²) in [6.45, 7) is 5.06. The van der Waals surface area contributed by atoms with Crippen LogP contribution in [0.3, 0.4) is 0 Å². The quantitative estimate of drug-likeness (QED) is 0.314. The molecule has 0 radical (unpaired) electrons. The van der Waals surface area contributed by atoms with E-state index in [0.29, 0.717) is 12.5 Å². The van der Waals surface area contributed by atoms with E-state index >= 15 is 0 Å². The molecule has 0 spiro atoms. The number of carbonyl (C=O) groups excluding carboxylic acids is 1. The minimum atomic E-state index is -0.0692. The van der Waals surface area contributed by atoms with Crippen LogP contribution in [0.1, 0.15) is 25.3 Å². The highest BCUT2D eigenvalue weighted by atomic mass is 127. The molecule has 7 heteroatoms. The van der Waals surface area contributed by atoms with Crippen LogP contribution in [0.15, 0.2) is 35.3 Å². The Morgan fingerprint density at radius 2 is 2.04 bits per heavy atom. The Hall–Kier alpha value is -1.35. The van der Waals surface area contributed by atoms with Gasteiger partial charge in [0.25, 0.3) is 0 Å². The lowest BCUT2D eigenvalue weighted by Gasteiger charge is -2.14. The molecule has 140 valence electrons. The van der Waals surface area contributed by atoms with Crippen molar-refractivity contribution in [1.29, 1.82) is 0 Å². The first-order valence-electron chi connectivity index (χ1n) is 8.72. The molecular weight excluding hydrogens is 431 g/mol. The van der Waals surface area contributed by atoms with E-state index in [1.807, 2.05) is 25.1 Å². The molecule has 0 saturated carbocycles. The highest BCUT2D eigenvalue weighted by Gasteiger charge is 2.15. The molecule has 6 nitrogen and oxygen atoms in total. The smallest absolute Gasteiger partial charge is 0.241 e. The topological polar surface area (TPSA) is 74.8 Å². The molecule has 3 N–H and O–H groups in total. The van der Waals surface area contributed by atoms with Gasteiger partial charge < -0.3 is 20.7 Å². The largest absolute Gasteiger partial charge is 0.376 e. The van der Waals surface area contributed by atoms with Crippen LogP contribution in [-0.4, -0.2) is 50.8 Å². The number of nitrogens with one attached hydrogen (secondary N) is 3. The average molecular weight is 460 g/mol. The number of carbonyl (C=O) groups is 1. The Labute approximate surface area is 167 Å². The number of benzene rings is 1. The lowest BCUT2D eigenvalue weighted by atomic mass is 10.1. The fraction of sp³-hybridized carbons (Fsp3) is 0.556. The van der Waals surface area contributed by atoms with Crippen LogP contribution < -0.4 is 16.0 Å². The third-order valence-electron chi connectivity index (χ3n) is 3.82. The first kappa shape index (κ1) is 21.7. The summed E-state index contributed by atoms with van der Waals surface area (Å²) >= 11 is 0. The second-order valence-electron chi connectivity index (χ2n) is 5.80. The summed E-state index contributed by atoms with van der Waals surface area (Å²) in [6, 6.07) is 10.1. The van der Waals surface area contributed by atoms with Gasteiger partial charge in [-0.25, -0.2) is 4.99 Å². The number of nitrogens with zero attached hydrogens (tertiary/aromatic N) is 1. The monoisotopic (exact) mass is 460 g/mol. The van der Waals surface area contributed by atoms with E-state index in [1.165, 1.54) is 5.56 Å². The molecule has 1 unspecified atom stereocenters. The number of halogens is 1. The molecule has 0 aromatic heterocycles. The third-order valence-corrected chi connectivity index (χ3v) is 3.82. The molecule has 1 saturated heterocycles. The maximum absolute atomic E-state index is 11.9. The van der Waals surface area contributed by atoms with Crippen molar-refractivity contribution in [3.05, 3.63) is 35.9 Å². The number of ether oxygens (including phenoxy) is 1. The van der Waals surface area contributed by atoms with Crippen molar-refractivity contribution >= 4 is 35.8 Å². The summed E-state index contributed by atoms with van der Waals surface area (Å²) < 4.78 is 5.58. The number of hydrogen-bond donors (Lipinski definition) is 3. The Morgan fingerprint density at radius 3 is 2.72 bits per heavy atom. The molecule has 2 rings (SSSR count). The van der Waals surface area contributed by atoms with E-state index in [2.05, 4.69) is 33.1 Å². The summed E-state index contributed by atoms with van der Waals surface area (Å²) in [5.74, 6) is 0.589. The Morgan fingerprint density at radius 1 is 1.24 bits per heavy atom. The second kappa shape index (κ2) is 12.9. The van der Waals surface area contributed by atoms with Crippen LogP contribution in [0.2, 0.25) is 0 Å². The molecule has 0 bridgehead atoms. The van der Waals surface area contributed by atoms with Crippen molar-refractivity contribution in [2.24, 2.45) is 4.99 Å². The van der Waals surface area contributed by atoms with Gasteiger partial charge in [0.15, 0.2) is 5.96 Å². The van der Waals surface area contributed by atoms with E-state index in [9.17, 15) is 4.79 Å². The number of hydrogen-bond acceptors (Lipinski definition) is 3. The Balaban J connectivity index is 0.00000312. The highest BCUT2D eigenvalue weighted by Crippen LogP contribution is 2.10. The van der Waals surface area contributed by atoms with Gasteiger partial charge in [0, 0.05) is 26.2 Å². The molecule has 1 aromatic rings. The van der Waals surface area contributed by atoms with E-state index < -0.39 is 0 Å². The Bertz CT molecular complexity index is 519. The van der Waals surface area contributed by atoms with Crippen LogP contribution in [0.5, 0.6) is 0 Å². The van der Waals surface area contributed by atoms with Gasteiger partial charge in [0.1, 0.15) is 6.54 Å². The SMILES string of the molecule is CCNC(=NCC(=O)NCCc1ccccc1)NCC1CCCO1.I. The van der Waals surface area contributed by atoms with Crippen LogP contribution >= 0.6 is 24.0 Å². The first-order chi connectivity index (χ1) is 11.8. The zero-order valence-electron chi connectivity index (χ0n) is 14.8. The van der Waals surface area contributed by atoms with Gasteiger partial charge in [-0.1, -0.05) is 30.3 Å². The summed E-state index contributed by atoms with van der Waals surface area (Å²) in [5, 5.41) is 9.28. The molecule has 1 atom stereocenters. The predicted octanol–water partition coefficient (Wildman–Crippen LogP) is 1.70. The van der Waals surface area contributed by atoms with Crippen LogP contribution in [0.4, 0.5) is 0 Å². The van der Waals surface area contributed by atoms with Gasteiger partial charge in [0.05, 0.1) is 6.10 Å².